The lowest BCUT2D eigenvalue weighted by Gasteiger charge is -2.23. The van der Waals surface area contributed by atoms with Gasteiger partial charge in [-0.15, -0.1) is 11.3 Å². The summed E-state index contributed by atoms with van der Waals surface area (Å²) in [5.74, 6) is 1.12. The zero-order valence-electron chi connectivity index (χ0n) is 13.4. The summed E-state index contributed by atoms with van der Waals surface area (Å²) in [6.45, 7) is 6.14. The van der Waals surface area contributed by atoms with Crippen molar-refractivity contribution in [3.8, 4) is 5.75 Å². The molecule has 1 unspecified atom stereocenters. The van der Waals surface area contributed by atoms with Crippen LogP contribution in [0.25, 0.3) is 0 Å². The molecule has 0 radical (unpaired) electrons. The van der Waals surface area contributed by atoms with Gasteiger partial charge in [0.15, 0.2) is 0 Å². The summed E-state index contributed by atoms with van der Waals surface area (Å²) >= 11 is 1.57. The van der Waals surface area contributed by atoms with E-state index in [1.165, 1.54) is 0 Å². The van der Waals surface area contributed by atoms with Crippen LogP contribution in [0.15, 0.2) is 29.6 Å². The number of aromatic nitrogens is 1. The zero-order valence-corrected chi connectivity index (χ0v) is 14.2. The number of hydrogen-bond acceptors (Lipinski definition) is 4. The number of amides is 1. The van der Waals surface area contributed by atoms with Crippen LogP contribution in [-0.2, 0) is 11.2 Å². The van der Waals surface area contributed by atoms with Crippen LogP contribution in [0.4, 0.5) is 0 Å². The van der Waals surface area contributed by atoms with Crippen molar-refractivity contribution < 1.29 is 9.53 Å². The number of carbonyl (C=O) groups is 1. The molecule has 118 valence electrons. The second kappa shape index (κ2) is 7.40. The minimum absolute atomic E-state index is 0.000168. The molecule has 1 amide bonds. The van der Waals surface area contributed by atoms with Crippen molar-refractivity contribution in [2.24, 2.45) is 5.92 Å². The van der Waals surface area contributed by atoms with E-state index in [2.05, 4.69) is 24.1 Å². The molecule has 2 aromatic rings. The van der Waals surface area contributed by atoms with Crippen molar-refractivity contribution in [2.75, 3.05) is 7.11 Å². The largest absolute Gasteiger partial charge is 0.497 e. The number of nitrogens with zero attached hydrogens (tertiary/aromatic N) is 1. The Morgan fingerprint density at radius 1 is 1.32 bits per heavy atom. The molecule has 0 fully saturated rings. The van der Waals surface area contributed by atoms with E-state index in [-0.39, 0.29) is 11.9 Å². The molecule has 0 bridgehead atoms. The third-order valence-electron chi connectivity index (χ3n) is 3.47. The highest BCUT2D eigenvalue weighted by Gasteiger charge is 2.19. The fourth-order valence-electron chi connectivity index (χ4n) is 2.32. The Kier molecular flexibility index (Phi) is 5.55. The van der Waals surface area contributed by atoms with Gasteiger partial charge in [0.25, 0.3) is 0 Å². The molecule has 0 saturated carbocycles. The second-order valence-electron chi connectivity index (χ2n) is 5.60. The molecular weight excluding hydrogens is 296 g/mol. The summed E-state index contributed by atoms with van der Waals surface area (Å²) in [4.78, 5) is 16.6. The molecule has 0 aliphatic heterocycles. The first-order chi connectivity index (χ1) is 10.5. The fourth-order valence-corrected chi connectivity index (χ4v) is 2.94. The second-order valence-corrected chi connectivity index (χ2v) is 6.66. The van der Waals surface area contributed by atoms with Crippen molar-refractivity contribution in [1.82, 2.24) is 10.3 Å². The van der Waals surface area contributed by atoms with Crippen molar-refractivity contribution >= 4 is 17.2 Å². The Morgan fingerprint density at radius 2 is 2.00 bits per heavy atom. The Balaban J connectivity index is 2.05. The van der Waals surface area contributed by atoms with Crippen LogP contribution in [-0.4, -0.2) is 18.0 Å². The first-order valence-corrected chi connectivity index (χ1v) is 8.22. The zero-order chi connectivity index (χ0) is 16.1. The molecule has 0 saturated heterocycles. The Hall–Kier alpha value is -1.88. The van der Waals surface area contributed by atoms with E-state index in [1.807, 2.05) is 36.6 Å². The highest BCUT2D eigenvalue weighted by atomic mass is 32.1. The molecule has 4 nitrogen and oxygen atoms in total. The Labute approximate surface area is 135 Å². The predicted molar refractivity (Wildman–Crippen MR) is 89.3 cm³/mol. The van der Waals surface area contributed by atoms with Crippen molar-refractivity contribution in [2.45, 2.75) is 33.2 Å². The van der Waals surface area contributed by atoms with Gasteiger partial charge < -0.3 is 10.1 Å². The number of hydrogen-bond donors (Lipinski definition) is 1. The smallest absolute Gasteiger partial charge is 0.226 e. The maximum absolute atomic E-state index is 12.3. The van der Waals surface area contributed by atoms with Crippen molar-refractivity contribution in [3.63, 3.8) is 0 Å². The average molecular weight is 318 g/mol. The standard InChI is InChI=1S/C17H22N2O2S/c1-11(2)17(13-5-7-15(21-4)8-6-13)19-16(20)9-14-10-22-12(3)18-14/h5-8,10-11,17H,9H2,1-4H3,(H,19,20). The van der Waals surface area contributed by atoms with Crippen LogP contribution < -0.4 is 10.1 Å². The first-order valence-electron chi connectivity index (χ1n) is 7.34. The average Bonchev–Trinajstić information content (AvgIpc) is 2.89. The van der Waals surface area contributed by atoms with E-state index in [0.717, 1.165) is 22.0 Å². The van der Waals surface area contributed by atoms with E-state index in [1.54, 1.807) is 18.4 Å². The topological polar surface area (TPSA) is 51.2 Å². The van der Waals surface area contributed by atoms with Crippen LogP contribution in [0.2, 0.25) is 0 Å². The van der Waals surface area contributed by atoms with Crippen LogP contribution in [0.3, 0.4) is 0 Å². The highest BCUT2D eigenvalue weighted by molar-refractivity contribution is 7.09. The lowest BCUT2D eigenvalue weighted by molar-refractivity contribution is -0.121. The fraction of sp³-hybridized carbons (Fsp3) is 0.412. The number of aryl methyl sites for hydroxylation is 1. The minimum Gasteiger partial charge on any atom is -0.497 e. The van der Waals surface area contributed by atoms with Gasteiger partial charge in [-0.1, -0.05) is 26.0 Å². The van der Waals surface area contributed by atoms with Gasteiger partial charge in [0.05, 0.1) is 30.3 Å². The van der Waals surface area contributed by atoms with Gasteiger partial charge in [-0.3, -0.25) is 4.79 Å². The number of thiazole rings is 1. The molecule has 2 rings (SSSR count). The molecular formula is C17H22N2O2S. The third kappa shape index (κ3) is 4.31. The molecule has 1 aromatic carbocycles. The van der Waals surface area contributed by atoms with Gasteiger partial charge in [0.1, 0.15) is 5.75 Å². The first kappa shape index (κ1) is 16.5. The molecule has 0 aliphatic carbocycles. The number of ether oxygens (including phenoxy) is 1. The molecule has 1 heterocycles. The molecule has 0 spiro atoms. The van der Waals surface area contributed by atoms with E-state index in [4.69, 9.17) is 4.74 Å². The summed E-state index contributed by atoms with van der Waals surface area (Å²) in [6.07, 6.45) is 0.323. The quantitative estimate of drug-likeness (QED) is 0.886. The van der Waals surface area contributed by atoms with Gasteiger partial charge >= 0.3 is 0 Å². The lowest BCUT2D eigenvalue weighted by Crippen LogP contribution is -2.32. The van der Waals surface area contributed by atoms with E-state index in [0.29, 0.717) is 12.3 Å². The van der Waals surface area contributed by atoms with Gasteiger partial charge in [-0.25, -0.2) is 4.98 Å². The van der Waals surface area contributed by atoms with Gasteiger partial charge in [0.2, 0.25) is 5.91 Å². The van der Waals surface area contributed by atoms with Crippen LogP contribution in [0.5, 0.6) is 5.75 Å². The molecule has 0 aliphatic rings. The number of methoxy groups -OCH3 is 1. The van der Waals surface area contributed by atoms with Crippen molar-refractivity contribution in [1.29, 1.82) is 0 Å². The number of carbonyl (C=O) groups excluding carboxylic acids is 1. The maximum Gasteiger partial charge on any atom is 0.226 e. The predicted octanol–water partition coefficient (Wildman–Crippen LogP) is 3.52. The van der Waals surface area contributed by atoms with Gasteiger partial charge in [-0.2, -0.15) is 0 Å². The lowest BCUT2D eigenvalue weighted by atomic mass is 9.95. The number of nitrogens with one attached hydrogen (secondary N) is 1. The monoisotopic (exact) mass is 318 g/mol. The van der Waals surface area contributed by atoms with Crippen molar-refractivity contribution in [3.05, 3.63) is 45.9 Å². The van der Waals surface area contributed by atoms with Gasteiger partial charge in [0, 0.05) is 5.38 Å². The van der Waals surface area contributed by atoms with E-state index in [9.17, 15) is 4.79 Å². The Morgan fingerprint density at radius 3 is 2.50 bits per heavy atom. The molecule has 5 heteroatoms. The molecule has 1 atom stereocenters. The highest BCUT2D eigenvalue weighted by Crippen LogP contribution is 2.24. The number of benzene rings is 1. The van der Waals surface area contributed by atoms with Gasteiger partial charge in [-0.05, 0) is 30.5 Å². The summed E-state index contributed by atoms with van der Waals surface area (Å²) in [5, 5.41) is 6.03. The van der Waals surface area contributed by atoms with E-state index < -0.39 is 0 Å². The summed E-state index contributed by atoms with van der Waals surface area (Å²) < 4.78 is 5.18. The number of rotatable bonds is 6. The normalized spacial score (nSPS) is 12.2. The van der Waals surface area contributed by atoms with Crippen LogP contribution >= 0.6 is 11.3 Å². The van der Waals surface area contributed by atoms with Crippen LogP contribution in [0, 0.1) is 12.8 Å². The SMILES string of the molecule is COc1ccc(C(NC(=O)Cc2csc(C)n2)C(C)C)cc1. The summed E-state index contributed by atoms with van der Waals surface area (Å²) in [6, 6.07) is 7.81. The Bertz CT molecular complexity index is 620. The molecule has 1 N–H and O–H groups in total. The molecule has 1 aromatic heterocycles. The van der Waals surface area contributed by atoms with Crippen LogP contribution in [0.1, 0.15) is 36.2 Å². The van der Waals surface area contributed by atoms with E-state index >= 15 is 0 Å². The maximum atomic E-state index is 12.3. The minimum atomic E-state index is -0.0156. The molecule has 22 heavy (non-hydrogen) atoms. The summed E-state index contributed by atoms with van der Waals surface area (Å²) in [7, 11) is 1.65. The summed E-state index contributed by atoms with van der Waals surface area (Å²) in [5.41, 5.74) is 1.91. The third-order valence-corrected chi connectivity index (χ3v) is 4.29.